The molecule has 3 aromatic heterocycles. The molecular formula is C23H25FN8O2. The molecule has 0 fully saturated rings. The van der Waals surface area contributed by atoms with Crippen molar-refractivity contribution in [1.29, 1.82) is 0 Å². The molecule has 0 radical (unpaired) electrons. The van der Waals surface area contributed by atoms with Gasteiger partial charge in [-0.1, -0.05) is 20.8 Å². The maximum atomic E-state index is 14.4. The minimum absolute atomic E-state index is 0.0465. The van der Waals surface area contributed by atoms with Gasteiger partial charge in [-0.2, -0.15) is 15.2 Å². The lowest BCUT2D eigenvalue weighted by Crippen LogP contribution is -2.21. The molecule has 34 heavy (non-hydrogen) atoms. The summed E-state index contributed by atoms with van der Waals surface area (Å²) in [4.78, 5) is 21.1. The zero-order valence-electron chi connectivity index (χ0n) is 19.5. The molecule has 176 valence electrons. The van der Waals surface area contributed by atoms with Gasteiger partial charge < -0.3 is 10.1 Å². The molecule has 2 N–H and O–H groups in total. The average molecular weight is 465 g/mol. The molecule has 0 bridgehead atoms. The zero-order chi connectivity index (χ0) is 24.5. The third-order valence-electron chi connectivity index (χ3n) is 4.89. The third-order valence-corrected chi connectivity index (χ3v) is 4.89. The van der Waals surface area contributed by atoms with Gasteiger partial charge in [0, 0.05) is 50.1 Å². The summed E-state index contributed by atoms with van der Waals surface area (Å²) in [5.41, 5.74) is 1.33. The van der Waals surface area contributed by atoms with E-state index in [-0.39, 0.29) is 17.0 Å². The van der Waals surface area contributed by atoms with Gasteiger partial charge in [0.05, 0.1) is 23.1 Å². The van der Waals surface area contributed by atoms with Crippen LogP contribution in [0.25, 0.3) is 11.4 Å². The summed E-state index contributed by atoms with van der Waals surface area (Å²) in [5, 5.41) is 13.7. The van der Waals surface area contributed by atoms with Crippen LogP contribution in [-0.2, 0) is 19.5 Å². The molecule has 10 nitrogen and oxygen atoms in total. The van der Waals surface area contributed by atoms with Gasteiger partial charge in [0.25, 0.3) is 0 Å². The number of aromatic nitrogens is 6. The van der Waals surface area contributed by atoms with Crippen LogP contribution in [0.15, 0.2) is 48.9 Å². The lowest BCUT2D eigenvalue weighted by Gasteiger charge is -2.13. The molecule has 4 aromatic rings. The van der Waals surface area contributed by atoms with E-state index in [0.29, 0.717) is 17.4 Å². The monoisotopic (exact) mass is 464 g/mol. The molecule has 3 heterocycles. The van der Waals surface area contributed by atoms with Gasteiger partial charge in [-0.3, -0.25) is 14.7 Å². The summed E-state index contributed by atoms with van der Waals surface area (Å²) >= 11 is 0. The van der Waals surface area contributed by atoms with Crippen molar-refractivity contribution in [3.8, 4) is 23.0 Å². The van der Waals surface area contributed by atoms with E-state index < -0.39 is 11.8 Å². The van der Waals surface area contributed by atoms with Crippen LogP contribution in [0.4, 0.5) is 20.7 Å². The van der Waals surface area contributed by atoms with E-state index in [1.54, 1.807) is 54.2 Å². The molecule has 0 aliphatic heterocycles. The molecular weight excluding hydrogens is 439 g/mol. The Bertz CT molecular complexity index is 1340. The largest absolute Gasteiger partial charge is 0.439 e. The van der Waals surface area contributed by atoms with Crippen LogP contribution in [0.1, 0.15) is 26.5 Å². The van der Waals surface area contributed by atoms with Crippen LogP contribution < -0.4 is 15.4 Å². The molecule has 2 amide bonds. The zero-order valence-corrected chi connectivity index (χ0v) is 19.5. The molecule has 4 rings (SSSR count). The van der Waals surface area contributed by atoms with Crippen molar-refractivity contribution >= 4 is 17.5 Å². The van der Waals surface area contributed by atoms with E-state index in [4.69, 9.17) is 4.74 Å². The van der Waals surface area contributed by atoms with Crippen LogP contribution in [0.5, 0.6) is 11.6 Å². The van der Waals surface area contributed by atoms with E-state index in [1.165, 1.54) is 18.2 Å². The Balaban J connectivity index is 1.47. The summed E-state index contributed by atoms with van der Waals surface area (Å²) in [5.74, 6) is 0.876. The van der Waals surface area contributed by atoms with Crippen LogP contribution in [0.2, 0.25) is 0 Å². The highest BCUT2D eigenvalue weighted by molar-refractivity contribution is 5.99. The first kappa shape index (κ1) is 22.9. The van der Waals surface area contributed by atoms with Crippen LogP contribution in [0.3, 0.4) is 0 Å². The number of ether oxygens (including phenoxy) is 1. The fourth-order valence-electron chi connectivity index (χ4n) is 3.08. The van der Waals surface area contributed by atoms with Crippen molar-refractivity contribution in [2.45, 2.75) is 26.2 Å². The van der Waals surface area contributed by atoms with Gasteiger partial charge in [0.2, 0.25) is 5.88 Å². The molecule has 0 spiro atoms. The minimum Gasteiger partial charge on any atom is -0.439 e. The summed E-state index contributed by atoms with van der Waals surface area (Å²) in [6.45, 7) is 6.08. The van der Waals surface area contributed by atoms with Crippen molar-refractivity contribution in [2.24, 2.45) is 14.1 Å². The van der Waals surface area contributed by atoms with Crippen molar-refractivity contribution in [3.63, 3.8) is 0 Å². The Morgan fingerprint density at radius 3 is 2.59 bits per heavy atom. The molecule has 11 heteroatoms. The van der Waals surface area contributed by atoms with Gasteiger partial charge in [-0.25, -0.2) is 14.2 Å². The predicted octanol–water partition coefficient (Wildman–Crippen LogP) is 4.48. The van der Waals surface area contributed by atoms with E-state index in [9.17, 15) is 9.18 Å². The number of carbonyl (C=O) groups is 1. The Hall–Kier alpha value is -4.28. The van der Waals surface area contributed by atoms with Crippen molar-refractivity contribution in [2.75, 3.05) is 10.6 Å². The Labute approximate surface area is 195 Å². The first-order valence-corrected chi connectivity index (χ1v) is 10.5. The van der Waals surface area contributed by atoms with Gasteiger partial charge >= 0.3 is 6.03 Å². The van der Waals surface area contributed by atoms with E-state index in [2.05, 4.69) is 30.8 Å². The second-order valence-corrected chi connectivity index (χ2v) is 8.73. The van der Waals surface area contributed by atoms with E-state index in [1.807, 2.05) is 20.8 Å². The molecule has 0 saturated carbocycles. The summed E-state index contributed by atoms with van der Waals surface area (Å²) < 4.78 is 23.4. The number of hydrogen-bond donors (Lipinski definition) is 2. The van der Waals surface area contributed by atoms with Crippen molar-refractivity contribution in [3.05, 3.63) is 60.4 Å². The second kappa shape index (κ2) is 8.93. The quantitative estimate of drug-likeness (QED) is 0.450. The second-order valence-electron chi connectivity index (χ2n) is 8.73. The topological polar surface area (TPSA) is 112 Å². The average Bonchev–Trinajstić information content (AvgIpc) is 3.36. The SMILES string of the molecule is Cn1cc(-c2nccc(Oc3ccc(F)c(NC(=O)Nc4cc(C(C)(C)C)nn4C)c3)n2)cn1. The molecule has 0 atom stereocenters. The highest BCUT2D eigenvalue weighted by atomic mass is 19.1. The van der Waals surface area contributed by atoms with Crippen molar-refractivity contribution < 1.29 is 13.9 Å². The fraction of sp³-hybridized carbons (Fsp3) is 0.261. The van der Waals surface area contributed by atoms with Crippen LogP contribution in [-0.4, -0.2) is 35.6 Å². The molecule has 0 unspecified atom stereocenters. The molecule has 1 aromatic carbocycles. The number of benzene rings is 1. The first-order valence-electron chi connectivity index (χ1n) is 10.5. The number of aryl methyl sites for hydroxylation is 2. The summed E-state index contributed by atoms with van der Waals surface area (Å²) in [6, 6.07) is 6.78. The Morgan fingerprint density at radius 2 is 1.91 bits per heavy atom. The summed E-state index contributed by atoms with van der Waals surface area (Å²) in [6.07, 6.45) is 4.98. The van der Waals surface area contributed by atoms with E-state index in [0.717, 1.165) is 11.3 Å². The number of nitrogens with one attached hydrogen (secondary N) is 2. The minimum atomic E-state index is -0.611. The number of rotatable bonds is 5. The third kappa shape index (κ3) is 5.20. The number of urea groups is 1. The molecule has 0 aliphatic rings. The number of halogens is 1. The van der Waals surface area contributed by atoms with Crippen molar-refractivity contribution in [1.82, 2.24) is 29.5 Å². The smallest absolute Gasteiger partial charge is 0.324 e. The highest BCUT2D eigenvalue weighted by Crippen LogP contribution is 2.27. The Morgan fingerprint density at radius 1 is 1.12 bits per heavy atom. The summed E-state index contributed by atoms with van der Waals surface area (Å²) in [7, 11) is 3.52. The maximum Gasteiger partial charge on any atom is 0.324 e. The number of nitrogens with zero attached hydrogens (tertiary/aromatic N) is 6. The normalized spacial score (nSPS) is 11.4. The van der Waals surface area contributed by atoms with Gasteiger partial charge in [-0.05, 0) is 12.1 Å². The lowest BCUT2D eigenvalue weighted by atomic mass is 9.92. The van der Waals surface area contributed by atoms with Gasteiger partial charge in [-0.15, -0.1) is 0 Å². The fourth-order valence-corrected chi connectivity index (χ4v) is 3.08. The first-order chi connectivity index (χ1) is 16.1. The van der Waals surface area contributed by atoms with Crippen LogP contribution >= 0.6 is 0 Å². The Kier molecular flexibility index (Phi) is 6.01. The number of carbonyl (C=O) groups excluding carboxylic acids is 1. The van der Waals surface area contributed by atoms with E-state index >= 15 is 0 Å². The molecule has 0 aliphatic carbocycles. The lowest BCUT2D eigenvalue weighted by molar-refractivity contribution is 0.262. The van der Waals surface area contributed by atoms with Crippen LogP contribution in [0, 0.1) is 5.82 Å². The number of amides is 2. The number of hydrogen-bond acceptors (Lipinski definition) is 6. The highest BCUT2D eigenvalue weighted by Gasteiger charge is 2.20. The standard InChI is InChI=1S/C23H25FN8O2/c1-23(2,3)18-11-19(32(5)30-18)28-22(33)27-17-10-15(6-7-16(17)24)34-20-8-9-25-21(29-20)14-12-26-31(4)13-14/h6-13H,1-5H3,(H2,27,28,33). The molecule has 0 saturated heterocycles. The maximum absolute atomic E-state index is 14.4. The predicted molar refractivity (Wildman–Crippen MR) is 125 cm³/mol. The van der Waals surface area contributed by atoms with Gasteiger partial charge in [0.15, 0.2) is 5.82 Å². The van der Waals surface area contributed by atoms with Gasteiger partial charge in [0.1, 0.15) is 17.4 Å². The number of anilines is 2.